The van der Waals surface area contributed by atoms with Gasteiger partial charge >= 0.3 is 5.97 Å². The Kier molecular flexibility index (Phi) is 3.12. The van der Waals surface area contributed by atoms with Crippen LogP contribution in [0.1, 0.15) is 32.1 Å². The number of hydrogen-bond acceptors (Lipinski definition) is 4. The third-order valence-electron chi connectivity index (χ3n) is 3.96. The predicted octanol–water partition coefficient (Wildman–Crippen LogP) is 0.0277. The molecule has 1 N–H and O–H groups in total. The number of nitrogens with zero attached hydrogens (tertiary/aromatic N) is 1. The van der Waals surface area contributed by atoms with Gasteiger partial charge in [-0.1, -0.05) is 0 Å². The van der Waals surface area contributed by atoms with Crippen molar-refractivity contribution in [3.8, 4) is 0 Å². The van der Waals surface area contributed by atoms with Crippen LogP contribution in [0.4, 0.5) is 0 Å². The highest BCUT2D eigenvalue weighted by Gasteiger charge is 2.60. The lowest BCUT2D eigenvalue weighted by atomic mass is 9.95. The summed E-state index contributed by atoms with van der Waals surface area (Å²) < 4.78 is 23.6. The Hall–Kier alpha value is -1.11. The zero-order valence-electron chi connectivity index (χ0n) is 10.2. The van der Waals surface area contributed by atoms with Crippen molar-refractivity contribution < 1.29 is 23.1 Å². The molecule has 18 heavy (non-hydrogen) atoms. The highest BCUT2D eigenvalue weighted by molar-refractivity contribution is 7.91. The van der Waals surface area contributed by atoms with Crippen LogP contribution in [0.2, 0.25) is 0 Å². The molecule has 7 heteroatoms. The molecule has 2 unspecified atom stereocenters. The fourth-order valence-electron chi connectivity index (χ4n) is 3.03. The van der Waals surface area contributed by atoms with Crippen LogP contribution in [0.25, 0.3) is 0 Å². The lowest BCUT2D eigenvalue weighted by molar-refractivity contribution is -0.155. The average Bonchev–Trinajstić information content (AvgIpc) is 2.95. The van der Waals surface area contributed by atoms with Crippen LogP contribution < -0.4 is 0 Å². The molecule has 0 aromatic rings. The van der Waals surface area contributed by atoms with Crippen LogP contribution >= 0.6 is 0 Å². The van der Waals surface area contributed by atoms with E-state index >= 15 is 0 Å². The van der Waals surface area contributed by atoms with E-state index in [0.717, 1.165) is 19.1 Å². The van der Waals surface area contributed by atoms with E-state index in [1.807, 2.05) is 0 Å². The van der Waals surface area contributed by atoms with E-state index in [-0.39, 0.29) is 12.5 Å². The SMILES string of the molecule is CS(=O)(=O)C1CCCC1(C(=O)O)N(C=O)C1CC1. The summed E-state index contributed by atoms with van der Waals surface area (Å²) >= 11 is 0. The number of carbonyl (C=O) groups is 2. The van der Waals surface area contributed by atoms with Gasteiger partial charge in [-0.05, 0) is 32.1 Å². The van der Waals surface area contributed by atoms with Gasteiger partial charge in [0, 0.05) is 12.3 Å². The Balaban J connectivity index is 2.48. The zero-order chi connectivity index (χ0) is 13.6. The normalized spacial score (nSPS) is 32.2. The molecule has 1 amide bonds. The van der Waals surface area contributed by atoms with Crippen LogP contribution in [-0.2, 0) is 19.4 Å². The van der Waals surface area contributed by atoms with Gasteiger partial charge in [0.1, 0.15) is 0 Å². The molecule has 102 valence electrons. The topological polar surface area (TPSA) is 91.8 Å². The first-order chi connectivity index (χ1) is 8.34. The van der Waals surface area contributed by atoms with Gasteiger partial charge in [-0.3, -0.25) is 4.79 Å². The minimum absolute atomic E-state index is 0.110. The number of aliphatic carboxylic acids is 1. The summed E-state index contributed by atoms with van der Waals surface area (Å²) in [7, 11) is -3.50. The molecule has 0 saturated heterocycles. The maximum Gasteiger partial charge on any atom is 0.331 e. The van der Waals surface area contributed by atoms with Crippen LogP contribution in [0.15, 0.2) is 0 Å². The number of carboxylic acids is 1. The lowest BCUT2D eigenvalue weighted by Gasteiger charge is -2.39. The lowest BCUT2D eigenvalue weighted by Crippen LogP contribution is -2.61. The van der Waals surface area contributed by atoms with Gasteiger partial charge in [0.25, 0.3) is 0 Å². The molecule has 2 atom stereocenters. The molecule has 2 aliphatic carbocycles. The van der Waals surface area contributed by atoms with Gasteiger partial charge in [0.05, 0.1) is 5.25 Å². The standard InChI is InChI=1S/C11H17NO5S/c1-18(16,17)9-3-2-6-11(9,10(14)15)12(7-13)8-4-5-8/h7-9H,2-6H2,1H3,(H,14,15). The monoisotopic (exact) mass is 275 g/mol. The maximum atomic E-state index is 11.8. The molecule has 0 aliphatic heterocycles. The molecule has 2 aliphatic rings. The summed E-state index contributed by atoms with van der Waals surface area (Å²) in [5, 5.41) is 8.52. The smallest absolute Gasteiger partial charge is 0.331 e. The van der Waals surface area contributed by atoms with Crippen molar-refractivity contribution in [2.45, 2.75) is 48.9 Å². The van der Waals surface area contributed by atoms with Crippen molar-refractivity contribution in [2.24, 2.45) is 0 Å². The molecule has 0 heterocycles. The molecular weight excluding hydrogens is 258 g/mol. The second-order valence-electron chi connectivity index (χ2n) is 5.18. The second kappa shape index (κ2) is 4.22. The Morgan fingerprint density at radius 1 is 1.39 bits per heavy atom. The van der Waals surface area contributed by atoms with Crippen molar-refractivity contribution in [1.29, 1.82) is 0 Å². The molecule has 0 bridgehead atoms. The van der Waals surface area contributed by atoms with E-state index in [2.05, 4.69) is 0 Å². The second-order valence-corrected chi connectivity index (χ2v) is 7.41. The minimum atomic E-state index is -3.50. The first kappa shape index (κ1) is 13.3. The maximum absolute atomic E-state index is 11.8. The van der Waals surface area contributed by atoms with Crippen molar-refractivity contribution in [1.82, 2.24) is 4.90 Å². The number of sulfone groups is 1. The van der Waals surface area contributed by atoms with Crippen LogP contribution in [0, 0.1) is 0 Å². The van der Waals surface area contributed by atoms with E-state index < -0.39 is 26.6 Å². The van der Waals surface area contributed by atoms with Crippen molar-refractivity contribution in [3.63, 3.8) is 0 Å². The predicted molar refractivity (Wildman–Crippen MR) is 63.8 cm³/mol. The van der Waals surface area contributed by atoms with Gasteiger partial charge in [-0.2, -0.15) is 0 Å². The summed E-state index contributed by atoms with van der Waals surface area (Å²) in [6, 6.07) is -0.110. The number of hydrogen-bond donors (Lipinski definition) is 1. The largest absolute Gasteiger partial charge is 0.479 e. The molecule has 0 spiro atoms. The number of carbonyl (C=O) groups excluding carboxylic acids is 1. The van der Waals surface area contributed by atoms with Crippen molar-refractivity contribution in [3.05, 3.63) is 0 Å². The first-order valence-corrected chi connectivity index (χ1v) is 7.95. The highest BCUT2D eigenvalue weighted by Crippen LogP contribution is 2.44. The van der Waals surface area contributed by atoms with Gasteiger partial charge in [-0.15, -0.1) is 0 Å². The molecule has 0 radical (unpaired) electrons. The first-order valence-electron chi connectivity index (χ1n) is 6.00. The van der Waals surface area contributed by atoms with Gasteiger partial charge in [0.15, 0.2) is 15.4 Å². The third-order valence-corrected chi connectivity index (χ3v) is 5.62. The Morgan fingerprint density at radius 3 is 2.39 bits per heavy atom. The fourth-order valence-corrected chi connectivity index (χ4v) is 4.68. The Bertz CT molecular complexity index is 470. The van der Waals surface area contributed by atoms with Crippen LogP contribution in [0.3, 0.4) is 0 Å². The van der Waals surface area contributed by atoms with Crippen molar-refractivity contribution in [2.75, 3.05) is 6.26 Å². The summed E-state index contributed by atoms with van der Waals surface area (Å²) in [4.78, 5) is 24.1. The highest BCUT2D eigenvalue weighted by atomic mass is 32.2. The van der Waals surface area contributed by atoms with Gasteiger partial charge in [0.2, 0.25) is 6.41 Å². The fraction of sp³-hybridized carbons (Fsp3) is 0.818. The molecular formula is C11H17NO5S. The quantitative estimate of drug-likeness (QED) is 0.715. The Labute approximate surface area is 106 Å². The summed E-state index contributed by atoms with van der Waals surface area (Å²) in [6.45, 7) is 0. The third kappa shape index (κ3) is 1.90. The van der Waals surface area contributed by atoms with E-state index in [0.29, 0.717) is 19.3 Å². The summed E-state index contributed by atoms with van der Waals surface area (Å²) in [6.07, 6.45) is 4.11. The van der Waals surface area contributed by atoms with Crippen molar-refractivity contribution >= 4 is 22.2 Å². The van der Waals surface area contributed by atoms with E-state index in [1.54, 1.807) is 0 Å². The van der Waals surface area contributed by atoms with E-state index in [1.165, 1.54) is 4.90 Å². The molecule has 6 nitrogen and oxygen atoms in total. The molecule has 0 aromatic carbocycles. The van der Waals surface area contributed by atoms with Gasteiger partial charge in [-0.25, -0.2) is 13.2 Å². The molecule has 2 fully saturated rings. The average molecular weight is 275 g/mol. The molecule has 2 rings (SSSR count). The summed E-state index contributed by atoms with van der Waals surface area (Å²) in [5.74, 6) is -1.20. The number of rotatable bonds is 5. The molecule has 0 aromatic heterocycles. The molecule has 2 saturated carbocycles. The van der Waals surface area contributed by atoms with Crippen LogP contribution in [0.5, 0.6) is 0 Å². The van der Waals surface area contributed by atoms with E-state index in [9.17, 15) is 23.1 Å². The van der Waals surface area contributed by atoms with E-state index in [4.69, 9.17) is 0 Å². The number of amides is 1. The van der Waals surface area contributed by atoms with Crippen LogP contribution in [-0.4, -0.2) is 53.9 Å². The number of carboxylic acid groups (broad SMARTS) is 1. The van der Waals surface area contributed by atoms with Gasteiger partial charge < -0.3 is 10.0 Å². The summed E-state index contributed by atoms with van der Waals surface area (Å²) in [5.41, 5.74) is -1.56. The Morgan fingerprint density at radius 2 is 2.00 bits per heavy atom. The zero-order valence-corrected chi connectivity index (χ0v) is 11.0. The minimum Gasteiger partial charge on any atom is -0.479 e.